The van der Waals surface area contributed by atoms with Gasteiger partial charge in [0.15, 0.2) is 0 Å². The zero-order valence-electron chi connectivity index (χ0n) is 8.63. The Morgan fingerprint density at radius 3 is 2.85 bits per heavy atom. The first-order valence-electron chi connectivity index (χ1n) is 4.74. The molecule has 1 heterocycles. The zero-order valence-corrected chi connectivity index (χ0v) is 8.63. The van der Waals surface area contributed by atoms with E-state index >= 15 is 0 Å². The van der Waals surface area contributed by atoms with Crippen LogP contribution in [0.2, 0.25) is 0 Å². The normalized spacial score (nSPS) is 26.8. The molecule has 0 aromatic heterocycles. The van der Waals surface area contributed by atoms with Gasteiger partial charge in [-0.15, -0.1) is 0 Å². The second kappa shape index (κ2) is 4.09. The molecule has 0 spiro atoms. The molecule has 0 radical (unpaired) electrons. The number of hydrogen-bond donors (Lipinski definition) is 0. The number of hydrogen-bond acceptors (Lipinski definition) is 3. The summed E-state index contributed by atoms with van der Waals surface area (Å²) in [6.45, 7) is 4.89. The maximum atomic E-state index is 11.0. The second-order valence-corrected chi connectivity index (χ2v) is 4.25. The van der Waals surface area contributed by atoms with Gasteiger partial charge in [0.25, 0.3) is 0 Å². The lowest BCUT2D eigenvalue weighted by atomic mass is 9.86. The molecule has 1 rings (SSSR count). The van der Waals surface area contributed by atoms with Crippen molar-refractivity contribution in [3.63, 3.8) is 0 Å². The molecular weight excluding hydrogens is 168 g/mol. The van der Waals surface area contributed by atoms with E-state index < -0.39 is 0 Å². The predicted molar refractivity (Wildman–Crippen MR) is 49.4 cm³/mol. The molecule has 13 heavy (non-hydrogen) atoms. The van der Waals surface area contributed by atoms with Crippen molar-refractivity contribution in [1.82, 2.24) is 0 Å². The van der Waals surface area contributed by atoms with Gasteiger partial charge in [0.2, 0.25) is 0 Å². The topological polar surface area (TPSA) is 35.5 Å². The minimum absolute atomic E-state index is 0.0725. The number of rotatable bonds is 2. The molecule has 1 aliphatic rings. The molecule has 1 atom stereocenters. The summed E-state index contributed by atoms with van der Waals surface area (Å²) >= 11 is 0. The number of carbonyl (C=O) groups is 1. The summed E-state index contributed by atoms with van der Waals surface area (Å²) in [5.41, 5.74) is -0.0725. The Morgan fingerprint density at radius 1 is 1.62 bits per heavy atom. The summed E-state index contributed by atoms with van der Waals surface area (Å²) in [6.07, 6.45) is 2.45. The Bertz CT molecular complexity index is 187. The lowest BCUT2D eigenvalue weighted by Crippen LogP contribution is -2.34. The van der Waals surface area contributed by atoms with Crippen LogP contribution in [0.5, 0.6) is 0 Å². The Morgan fingerprint density at radius 2 is 2.31 bits per heavy atom. The van der Waals surface area contributed by atoms with Crippen molar-refractivity contribution in [3.05, 3.63) is 0 Å². The largest absolute Gasteiger partial charge is 0.469 e. The standard InChI is InChI=1S/C10H18O3/c1-10(2)7-8(4-5-13-10)6-9(11)12-3/h8H,4-7H2,1-3H3/t8-/m1/s1. The summed E-state index contributed by atoms with van der Waals surface area (Å²) in [5.74, 6) is 0.318. The van der Waals surface area contributed by atoms with Crippen LogP contribution in [0.3, 0.4) is 0 Å². The second-order valence-electron chi connectivity index (χ2n) is 4.25. The van der Waals surface area contributed by atoms with E-state index in [-0.39, 0.29) is 11.6 Å². The highest BCUT2D eigenvalue weighted by Crippen LogP contribution is 2.30. The van der Waals surface area contributed by atoms with E-state index in [4.69, 9.17) is 4.74 Å². The molecule has 0 aromatic rings. The van der Waals surface area contributed by atoms with Crippen LogP contribution < -0.4 is 0 Å². The fourth-order valence-electron chi connectivity index (χ4n) is 1.85. The minimum Gasteiger partial charge on any atom is -0.469 e. The van der Waals surface area contributed by atoms with Crippen LogP contribution in [0.4, 0.5) is 0 Å². The maximum absolute atomic E-state index is 11.0. The molecule has 0 N–H and O–H groups in total. The van der Waals surface area contributed by atoms with Crippen LogP contribution in [0.25, 0.3) is 0 Å². The minimum atomic E-state index is -0.109. The highest BCUT2D eigenvalue weighted by atomic mass is 16.5. The first-order valence-corrected chi connectivity index (χ1v) is 4.74. The van der Waals surface area contributed by atoms with Gasteiger partial charge in [0.1, 0.15) is 0 Å². The van der Waals surface area contributed by atoms with Gasteiger partial charge in [0, 0.05) is 13.0 Å². The molecule has 1 saturated heterocycles. The monoisotopic (exact) mass is 186 g/mol. The quantitative estimate of drug-likeness (QED) is 0.616. The molecule has 0 amide bonds. The van der Waals surface area contributed by atoms with Gasteiger partial charge in [0.05, 0.1) is 12.7 Å². The Kier molecular flexibility index (Phi) is 3.31. The fraction of sp³-hybridized carbons (Fsp3) is 0.900. The first kappa shape index (κ1) is 10.5. The van der Waals surface area contributed by atoms with E-state index in [2.05, 4.69) is 18.6 Å². The Labute approximate surface area is 79.4 Å². The van der Waals surface area contributed by atoms with Crippen LogP contribution in [0, 0.1) is 5.92 Å². The van der Waals surface area contributed by atoms with E-state index in [9.17, 15) is 4.79 Å². The van der Waals surface area contributed by atoms with Crippen LogP contribution in [0.1, 0.15) is 33.1 Å². The van der Waals surface area contributed by atoms with E-state index in [0.29, 0.717) is 12.3 Å². The average Bonchev–Trinajstić information content (AvgIpc) is 2.02. The number of methoxy groups -OCH3 is 1. The van der Waals surface area contributed by atoms with Gasteiger partial charge in [-0.3, -0.25) is 4.79 Å². The summed E-state index contributed by atoms with van der Waals surface area (Å²) < 4.78 is 10.2. The van der Waals surface area contributed by atoms with Crippen molar-refractivity contribution in [2.75, 3.05) is 13.7 Å². The third kappa shape index (κ3) is 3.35. The maximum Gasteiger partial charge on any atom is 0.305 e. The first-order chi connectivity index (χ1) is 6.03. The smallest absolute Gasteiger partial charge is 0.305 e. The molecule has 1 aliphatic heterocycles. The highest BCUT2D eigenvalue weighted by Gasteiger charge is 2.29. The van der Waals surface area contributed by atoms with Crippen molar-refractivity contribution in [1.29, 1.82) is 0 Å². The van der Waals surface area contributed by atoms with E-state index in [1.165, 1.54) is 7.11 Å². The van der Waals surface area contributed by atoms with E-state index in [1.54, 1.807) is 0 Å². The van der Waals surface area contributed by atoms with Crippen molar-refractivity contribution in [3.8, 4) is 0 Å². The van der Waals surface area contributed by atoms with Crippen LogP contribution in [0.15, 0.2) is 0 Å². The lowest BCUT2D eigenvalue weighted by molar-refractivity contribution is -0.144. The molecule has 76 valence electrons. The highest BCUT2D eigenvalue weighted by molar-refractivity contribution is 5.69. The number of ether oxygens (including phenoxy) is 2. The predicted octanol–water partition coefficient (Wildman–Crippen LogP) is 1.75. The molecule has 3 heteroatoms. The van der Waals surface area contributed by atoms with Crippen LogP contribution >= 0.6 is 0 Å². The van der Waals surface area contributed by atoms with Gasteiger partial charge in [-0.2, -0.15) is 0 Å². The van der Waals surface area contributed by atoms with Crippen molar-refractivity contribution in [2.45, 2.75) is 38.7 Å². The zero-order chi connectivity index (χ0) is 9.90. The van der Waals surface area contributed by atoms with Crippen LogP contribution in [-0.4, -0.2) is 25.3 Å². The Hall–Kier alpha value is -0.570. The molecular formula is C10H18O3. The summed E-state index contributed by atoms with van der Waals surface area (Å²) in [4.78, 5) is 11.0. The molecule has 0 aromatic carbocycles. The van der Waals surface area contributed by atoms with Crippen LogP contribution in [-0.2, 0) is 14.3 Å². The van der Waals surface area contributed by atoms with Gasteiger partial charge in [-0.25, -0.2) is 0 Å². The lowest BCUT2D eigenvalue weighted by Gasteiger charge is -2.35. The summed E-state index contributed by atoms with van der Waals surface area (Å²) in [5, 5.41) is 0. The van der Waals surface area contributed by atoms with Crippen molar-refractivity contribution >= 4 is 5.97 Å². The Balaban J connectivity index is 2.39. The van der Waals surface area contributed by atoms with Crippen molar-refractivity contribution < 1.29 is 14.3 Å². The number of esters is 1. The van der Waals surface area contributed by atoms with Gasteiger partial charge < -0.3 is 9.47 Å². The summed E-state index contributed by atoms with van der Waals surface area (Å²) in [6, 6.07) is 0. The van der Waals surface area contributed by atoms with Crippen molar-refractivity contribution in [2.24, 2.45) is 5.92 Å². The summed E-state index contributed by atoms with van der Waals surface area (Å²) in [7, 11) is 1.44. The van der Waals surface area contributed by atoms with E-state index in [0.717, 1.165) is 19.4 Å². The molecule has 0 bridgehead atoms. The molecule has 0 saturated carbocycles. The SMILES string of the molecule is COC(=O)C[C@H]1CCOC(C)(C)C1. The van der Waals surface area contributed by atoms with E-state index in [1.807, 2.05) is 0 Å². The average molecular weight is 186 g/mol. The molecule has 0 unspecified atom stereocenters. The third-order valence-corrected chi connectivity index (χ3v) is 2.48. The fourth-order valence-corrected chi connectivity index (χ4v) is 1.85. The number of carbonyl (C=O) groups excluding carboxylic acids is 1. The third-order valence-electron chi connectivity index (χ3n) is 2.48. The van der Waals surface area contributed by atoms with Gasteiger partial charge in [-0.1, -0.05) is 0 Å². The van der Waals surface area contributed by atoms with Gasteiger partial charge in [-0.05, 0) is 32.6 Å². The molecule has 3 nitrogen and oxygen atoms in total. The molecule has 1 fully saturated rings. The van der Waals surface area contributed by atoms with Gasteiger partial charge >= 0.3 is 5.97 Å². The molecule has 0 aliphatic carbocycles.